The van der Waals surface area contributed by atoms with Crippen molar-refractivity contribution in [1.82, 2.24) is 10.2 Å². The second-order valence-electron chi connectivity index (χ2n) is 5.56. The van der Waals surface area contributed by atoms with Crippen molar-refractivity contribution in [3.8, 4) is 5.75 Å². The summed E-state index contributed by atoms with van der Waals surface area (Å²) >= 11 is 0. The molecule has 1 aliphatic rings. The van der Waals surface area contributed by atoms with E-state index >= 15 is 0 Å². The molecule has 18 heavy (non-hydrogen) atoms. The van der Waals surface area contributed by atoms with Crippen molar-refractivity contribution in [3.63, 3.8) is 0 Å². The zero-order valence-electron chi connectivity index (χ0n) is 11.7. The van der Waals surface area contributed by atoms with Gasteiger partial charge < -0.3 is 10.1 Å². The lowest BCUT2D eigenvalue weighted by Gasteiger charge is -2.39. The Morgan fingerprint density at radius 2 is 2.11 bits per heavy atom. The van der Waals surface area contributed by atoms with Crippen LogP contribution in [0.3, 0.4) is 0 Å². The van der Waals surface area contributed by atoms with E-state index in [-0.39, 0.29) is 5.54 Å². The summed E-state index contributed by atoms with van der Waals surface area (Å²) in [5.41, 5.74) is 1.50. The van der Waals surface area contributed by atoms with Crippen molar-refractivity contribution in [2.45, 2.75) is 32.9 Å². The predicted molar refractivity (Wildman–Crippen MR) is 75.0 cm³/mol. The van der Waals surface area contributed by atoms with Crippen LogP contribution in [0.25, 0.3) is 0 Å². The summed E-state index contributed by atoms with van der Waals surface area (Å²) in [6.07, 6.45) is 0. The Morgan fingerprint density at radius 3 is 2.83 bits per heavy atom. The van der Waals surface area contributed by atoms with E-state index in [9.17, 15) is 0 Å². The third-order valence-corrected chi connectivity index (χ3v) is 3.32. The topological polar surface area (TPSA) is 24.5 Å². The smallest absolute Gasteiger partial charge is 0.123 e. The normalized spacial score (nSPS) is 19.7. The SMILES string of the molecule is CCOc1ccccc1CN1CCNC(C)(C)C1. The number of para-hydroxylation sites is 1. The minimum atomic E-state index is 0.207. The Bertz CT molecular complexity index is 390. The molecule has 1 saturated heterocycles. The van der Waals surface area contributed by atoms with Crippen LogP contribution in [-0.2, 0) is 6.54 Å². The van der Waals surface area contributed by atoms with Gasteiger partial charge in [0.15, 0.2) is 0 Å². The fourth-order valence-corrected chi connectivity index (χ4v) is 2.55. The summed E-state index contributed by atoms with van der Waals surface area (Å²) in [6.45, 7) is 11.5. The standard InChI is InChI=1S/C15H24N2O/c1-4-18-14-8-6-5-7-13(14)11-17-10-9-16-15(2,3)12-17/h5-8,16H,4,9-12H2,1-3H3. The van der Waals surface area contributed by atoms with Gasteiger partial charge in [0.2, 0.25) is 0 Å². The molecule has 1 fully saturated rings. The van der Waals surface area contributed by atoms with Gasteiger partial charge in [0.1, 0.15) is 5.75 Å². The molecule has 0 unspecified atom stereocenters. The first-order valence-electron chi connectivity index (χ1n) is 6.79. The maximum absolute atomic E-state index is 5.69. The molecule has 0 radical (unpaired) electrons. The Kier molecular flexibility index (Phi) is 4.25. The van der Waals surface area contributed by atoms with Crippen molar-refractivity contribution >= 4 is 0 Å². The van der Waals surface area contributed by atoms with Crippen LogP contribution in [0.4, 0.5) is 0 Å². The fourth-order valence-electron chi connectivity index (χ4n) is 2.55. The molecule has 0 amide bonds. The minimum Gasteiger partial charge on any atom is -0.494 e. The monoisotopic (exact) mass is 248 g/mol. The van der Waals surface area contributed by atoms with Gasteiger partial charge >= 0.3 is 0 Å². The first-order valence-corrected chi connectivity index (χ1v) is 6.79. The van der Waals surface area contributed by atoms with Crippen LogP contribution >= 0.6 is 0 Å². The Hall–Kier alpha value is -1.06. The molecule has 3 heteroatoms. The van der Waals surface area contributed by atoms with E-state index in [0.717, 1.165) is 38.5 Å². The Morgan fingerprint density at radius 1 is 1.33 bits per heavy atom. The first-order chi connectivity index (χ1) is 8.61. The van der Waals surface area contributed by atoms with Gasteiger partial charge in [0.25, 0.3) is 0 Å². The van der Waals surface area contributed by atoms with Gasteiger partial charge in [-0.3, -0.25) is 4.90 Å². The predicted octanol–water partition coefficient (Wildman–Crippen LogP) is 2.27. The molecule has 2 rings (SSSR count). The number of benzene rings is 1. The molecule has 0 aromatic heterocycles. The molecule has 0 atom stereocenters. The zero-order chi connectivity index (χ0) is 13.0. The number of ether oxygens (including phenoxy) is 1. The second-order valence-corrected chi connectivity index (χ2v) is 5.56. The highest BCUT2D eigenvalue weighted by Gasteiger charge is 2.25. The lowest BCUT2D eigenvalue weighted by atomic mass is 10.0. The highest BCUT2D eigenvalue weighted by atomic mass is 16.5. The maximum Gasteiger partial charge on any atom is 0.123 e. The molecule has 0 aliphatic carbocycles. The van der Waals surface area contributed by atoms with Gasteiger partial charge in [-0.25, -0.2) is 0 Å². The average molecular weight is 248 g/mol. The molecular weight excluding hydrogens is 224 g/mol. The molecule has 1 aliphatic heterocycles. The van der Waals surface area contributed by atoms with Crippen molar-refractivity contribution in [2.24, 2.45) is 0 Å². The average Bonchev–Trinajstić information content (AvgIpc) is 2.31. The largest absolute Gasteiger partial charge is 0.494 e. The molecule has 1 aromatic carbocycles. The van der Waals surface area contributed by atoms with Crippen LogP contribution < -0.4 is 10.1 Å². The summed E-state index contributed by atoms with van der Waals surface area (Å²) in [5.74, 6) is 1.02. The maximum atomic E-state index is 5.69. The lowest BCUT2D eigenvalue weighted by Crippen LogP contribution is -2.56. The summed E-state index contributed by atoms with van der Waals surface area (Å²) < 4.78 is 5.69. The van der Waals surface area contributed by atoms with Gasteiger partial charge in [-0.2, -0.15) is 0 Å². The van der Waals surface area contributed by atoms with Gasteiger partial charge in [-0.05, 0) is 26.8 Å². The molecule has 0 saturated carbocycles. The number of nitrogens with one attached hydrogen (secondary N) is 1. The van der Waals surface area contributed by atoms with Crippen LogP contribution in [0.2, 0.25) is 0 Å². The Balaban J connectivity index is 2.04. The molecule has 0 bridgehead atoms. The number of hydrogen-bond acceptors (Lipinski definition) is 3. The van der Waals surface area contributed by atoms with Crippen LogP contribution in [0.1, 0.15) is 26.3 Å². The van der Waals surface area contributed by atoms with Gasteiger partial charge in [0.05, 0.1) is 6.61 Å². The van der Waals surface area contributed by atoms with Crippen molar-refractivity contribution in [2.75, 3.05) is 26.2 Å². The molecule has 3 nitrogen and oxygen atoms in total. The molecule has 0 spiro atoms. The van der Waals surface area contributed by atoms with Crippen molar-refractivity contribution < 1.29 is 4.74 Å². The van der Waals surface area contributed by atoms with E-state index in [1.807, 2.05) is 13.0 Å². The highest BCUT2D eigenvalue weighted by Crippen LogP contribution is 2.21. The van der Waals surface area contributed by atoms with E-state index in [0.29, 0.717) is 0 Å². The van der Waals surface area contributed by atoms with Gasteiger partial charge in [-0.1, -0.05) is 18.2 Å². The van der Waals surface area contributed by atoms with Crippen LogP contribution in [0.5, 0.6) is 5.75 Å². The quantitative estimate of drug-likeness (QED) is 0.884. The van der Waals surface area contributed by atoms with E-state index in [2.05, 4.69) is 42.3 Å². The number of rotatable bonds is 4. The fraction of sp³-hybridized carbons (Fsp3) is 0.600. The Labute approximate surface area is 110 Å². The van der Waals surface area contributed by atoms with E-state index < -0.39 is 0 Å². The third kappa shape index (κ3) is 3.47. The molecule has 1 heterocycles. The van der Waals surface area contributed by atoms with E-state index in [4.69, 9.17) is 4.74 Å². The molecule has 1 aromatic rings. The molecule has 100 valence electrons. The van der Waals surface area contributed by atoms with Crippen LogP contribution in [0, 0.1) is 0 Å². The van der Waals surface area contributed by atoms with Crippen LogP contribution in [0.15, 0.2) is 24.3 Å². The lowest BCUT2D eigenvalue weighted by molar-refractivity contribution is 0.147. The number of nitrogens with zero attached hydrogens (tertiary/aromatic N) is 1. The summed E-state index contributed by atoms with van der Waals surface area (Å²) in [6, 6.07) is 8.35. The number of piperazine rings is 1. The minimum absolute atomic E-state index is 0.207. The molecular formula is C15H24N2O. The second kappa shape index (κ2) is 5.72. The van der Waals surface area contributed by atoms with E-state index in [1.54, 1.807) is 0 Å². The summed E-state index contributed by atoms with van der Waals surface area (Å²) in [7, 11) is 0. The molecule has 1 N–H and O–H groups in total. The first kappa shape index (κ1) is 13.4. The van der Waals surface area contributed by atoms with Gasteiger partial charge in [-0.15, -0.1) is 0 Å². The van der Waals surface area contributed by atoms with Crippen molar-refractivity contribution in [1.29, 1.82) is 0 Å². The van der Waals surface area contributed by atoms with E-state index in [1.165, 1.54) is 5.56 Å². The summed E-state index contributed by atoms with van der Waals surface area (Å²) in [5, 5.41) is 3.54. The van der Waals surface area contributed by atoms with Crippen LogP contribution in [-0.4, -0.2) is 36.7 Å². The summed E-state index contributed by atoms with van der Waals surface area (Å²) in [4.78, 5) is 2.49. The van der Waals surface area contributed by atoms with Gasteiger partial charge in [0, 0.05) is 37.3 Å². The number of hydrogen-bond donors (Lipinski definition) is 1. The highest BCUT2D eigenvalue weighted by molar-refractivity contribution is 5.33. The zero-order valence-corrected chi connectivity index (χ0v) is 11.7. The van der Waals surface area contributed by atoms with Crippen molar-refractivity contribution in [3.05, 3.63) is 29.8 Å². The third-order valence-electron chi connectivity index (χ3n) is 3.32.